The number of hydrogen-bond acceptors (Lipinski definition) is 5. The number of anilines is 1. The molecule has 0 radical (unpaired) electrons. The highest BCUT2D eigenvalue weighted by Gasteiger charge is 2.31. The van der Waals surface area contributed by atoms with E-state index in [9.17, 15) is 0 Å². The Labute approximate surface area is 195 Å². The van der Waals surface area contributed by atoms with Gasteiger partial charge < -0.3 is 4.90 Å². The molecule has 168 valence electrons. The molecule has 5 rings (SSSR count). The van der Waals surface area contributed by atoms with Crippen LogP contribution >= 0.6 is 0 Å². The lowest BCUT2D eigenvalue weighted by atomic mass is 10.0. The highest BCUT2D eigenvalue weighted by atomic mass is 15.6. The van der Waals surface area contributed by atoms with E-state index in [1.165, 1.54) is 27.9 Å². The van der Waals surface area contributed by atoms with Gasteiger partial charge >= 0.3 is 0 Å². The molecule has 6 heteroatoms. The summed E-state index contributed by atoms with van der Waals surface area (Å²) in [5.74, 6) is 0.894. The number of rotatable bonds is 6. The summed E-state index contributed by atoms with van der Waals surface area (Å²) < 4.78 is 1.95. The van der Waals surface area contributed by atoms with Crippen LogP contribution in [0.5, 0.6) is 0 Å². The molecular formula is C27H30N6. The van der Waals surface area contributed by atoms with Crippen molar-refractivity contribution in [2.24, 2.45) is 0 Å². The van der Waals surface area contributed by atoms with Crippen LogP contribution in [0, 0.1) is 13.8 Å². The van der Waals surface area contributed by atoms with Crippen LogP contribution in [0.2, 0.25) is 0 Å². The number of tetrazole rings is 1. The van der Waals surface area contributed by atoms with Gasteiger partial charge in [0.2, 0.25) is 0 Å². The second-order valence-electron chi connectivity index (χ2n) is 8.81. The first kappa shape index (κ1) is 21.3. The predicted octanol–water partition coefficient (Wildman–Crippen LogP) is 4.25. The maximum absolute atomic E-state index is 4.51. The van der Waals surface area contributed by atoms with E-state index in [4.69, 9.17) is 0 Å². The molecule has 1 fully saturated rings. The summed E-state index contributed by atoms with van der Waals surface area (Å²) in [6, 6.07) is 27.7. The Bertz CT molecular complexity index is 1180. The van der Waals surface area contributed by atoms with Gasteiger partial charge in [0, 0.05) is 31.9 Å². The highest BCUT2D eigenvalue weighted by Crippen LogP contribution is 2.30. The van der Waals surface area contributed by atoms with Crippen molar-refractivity contribution < 1.29 is 0 Å². The molecule has 2 heterocycles. The lowest BCUT2D eigenvalue weighted by molar-refractivity contribution is 0.201. The van der Waals surface area contributed by atoms with E-state index < -0.39 is 0 Å². The molecule has 0 bridgehead atoms. The predicted molar refractivity (Wildman–Crippen MR) is 131 cm³/mol. The third kappa shape index (κ3) is 4.66. The minimum absolute atomic E-state index is 0.0191. The molecule has 33 heavy (non-hydrogen) atoms. The first-order valence-electron chi connectivity index (χ1n) is 11.6. The van der Waals surface area contributed by atoms with E-state index in [0.717, 1.165) is 32.0 Å². The van der Waals surface area contributed by atoms with Crippen molar-refractivity contribution in [3.05, 3.63) is 107 Å². The Kier molecular flexibility index (Phi) is 6.17. The molecule has 0 saturated carbocycles. The molecule has 4 aromatic rings. The van der Waals surface area contributed by atoms with E-state index in [1.54, 1.807) is 0 Å². The largest absolute Gasteiger partial charge is 0.369 e. The van der Waals surface area contributed by atoms with Crippen molar-refractivity contribution in [1.29, 1.82) is 0 Å². The Morgan fingerprint density at radius 1 is 0.818 bits per heavy atom. The maximum Gasteiger partial charge on any atom is 0.173 e. The summed E-state index contributed by atoms with van der Waals surface area (Å²) in [7, 11) is 0. The summed E-state index contributed by atoms with van der Waals surface area (Å²) in [5.41, 5.74) is 6.40. The third-order valence-corrected chi connectivity index (χ3v) is 6.48. The van der Waals surface area contributed by atoms with E-state index in [2.05, 4.69) is 112 Å². The average molecular weight is 439 g/mol. The van der Waals surface area contributed by atoms with Crippen molar-refractivity contribution in [2.75, 3.05) is 31.1 Å². The number of nitrogens with zero attached hydrogens (tertiary/aromatic N) is 6. The smallest absolute Gasteiger partial charge is 0.173 e. The molecule has 1 aromatic heterocycles. The molecule has 0 spiro atoms. The van der Waals surface area contributed by atoms with Crippen LogP contribution in [0.15, 0.2) is 78.9 Å². The Morgan fingerprint density at radius 2 is 1.52 bits per heavy atom. The molecule has 1 atom stereocenters. The molecule has 1 aliphatic heterocycles. The van der Waals surface area contributed by atoms with Crippen molar-refractivity contribution in [3.8, 4) is 0 Å². The zero-order chi connectivity index (χ0) is 22.6. The van der Waals surface area contributed by atoms with Crippen molar-refractivity contribution >= 4 is 5.69 Å². The van der Waals surface area contributed by atoms with Crippen LogP contribution in [-0.4, -0.2) is 51.3 Å². The fourth-order valence-electron chi connectivity index (χ4n) is 4.72. The van der Waals surface area contributed by atoms with Crippen LogP contribution in [0.3, 0.4) is 0 Å². The average Bonchev–Trinajstić information content (AvgIpc) is 3.30. The van der Waals surface area contributed by atoms with E-state index in [-0.39, 0.29) is 6.04 Å². The molecule has 0 amide bonds. The number of hydrogen-bond donors (Lipinski definition) is 0. The second kappa shape index (κ2) is 9.55. The summed E-state index contributed by atoms with van der Waals surface area (Å²) in [6.07, 6.45) is 0. The van der Waals surface area contributed by atoms with Gasteiger partial charge in [0.1, 0.15) is 0 Å². The Morgan fingerprint density at radius 3 is 2.24 bits per heavy atom. The van der Waals surface area contributed by atoms with Gasteiger partial charge in [-0.1, -0.05) is 72.8 Å². The minimum Gasteiger partial charge on any atom is -0.369 e. The van der Waals surface area contributed by atoms with E-state index >= 15 is 0 Å². The normalized spacial score (nSPS) is 15.5. The standard InChI is InChI=1S/C27H30N6/c1-21-13-14-22(2)25(19-21)31-15-17-32(18-16-31)26(24-11-7-4-8-12-24)27-28-29-30-33(27)20-23-9-5-3-6-10-23/h3-14,19,26H,15-18,20H2,1-2H3. The lowest BCUT2D eigenvalue weighted by Gasteiger charge is -2.40. The quantitative estimate of drug-likeness (QED) is 0.450. The van der Waals surface area contributed by atoms with Crippen molar-refractivity contribution in [2.45, 2.75) is 26.4 Å². The highest BCUT2D eigenvalue weighted by molar-refractivity contribution is 5.55. The zero-order valence-electron chi connectivity index (χ0n) is 19.3. The number of piperazine rings is 1. The third-order valence-electron chi connectivity index (χ3n) is 6.48. The number of aryl methyl sites for hydroxylation is 2. The summed E-state index contributed by atoms with van der Waals surface area (Å²) >= 11 is 0. The van der Waals surface area contributed by atoms with Gasteiger partial charge in [-0.2, -0.15) is 0 Å². The fourth-order valence-corrected chi connectivity index (χ4v) is 4.72. The second-order valence-corrected chi connectivity index (χ2v) is 8.81. The molecular weight excluding hydrogens is 408 g/mol. The fraction of sp³-hybridized carbons (Fsp3) is 0.296. The van der Waals surface area contributed by atoms with Crippen LogP contribution in [-0.2, 0) is 6.54 Å². The van der Waals surface area contributed by atoms with Crippen molar-refractivity contribution in [3.63, 3.8) is 0 Å². The van der Waals surface area contributed by atoms with E-state index in [1.807, 2.05) is 10.7 Å². The van der Waals surface area contributed by atoms with Gasteiger partial charge in [-0.3, -0.25) is 4.90 Å². The molecule has 1 saturated heterocycles. The lowest BCUT2D eigenvalue weighted by Crippen LogP contribution is -2.48. The van der Waals surface area contributed by atoms with Gasteiger partial charge in [0.15, 0.2) is 5.82 Å². The molecule has 1 aliphatic rings. The minimum atomic E-state index is 0.0191. The summed E-state index contributed by atoms with van der Waals surface area (Å²) in [6.45, 7) is 8.88. The zero-order valence-corrected chi connectivity index (χ0v) is 19.3. The topological polar surface area (TPSA) is 50.1 Å². The molecule has 6 nitrogen and oxygen atoms in total. The van der Waals surface area contributed by atoms with Gasteiger partial charge in [0.25, 0.3) is 0 Å². The van der Waals surface area contributed by atoms with Crippen LogP contribution < -0.4 is 4.90 Å². The molecule has 0 N–H and O–H groups in total. The molecule has 0 aliphatic carbocycles. The van der Waals surface area contributed by atoms with Gasteiger partial charge in [0.05, 0.1) is 12.6 Å². The van der Waals surface area contributed by atoms with Gasteiger partial charge in [-0.25, -0.2) is 4.68 Å². The van der Waals surface area contributed by atoms with Crippen LogP contribution in [0.25, 0.3) is 0 Å². The Balaban J connectivity index is 1.41. The van der Waals surface area contributed by atoms with Crippen molar-refractivity contribution in [1.82, 2.24) is 25.1 Å². The molecule has 3 aromatic carbocycles. The van der Waals surface area contributed by atoms with Crippen LogP contribution in [0.4, 0.5) is 5.69 Å². The SMILES string of the molecule is Cc1ccc(C)c(N2CCN(C(c3ccccc3)c3nnnn3Cc3ccccc3)CC2)c1. The van der Waals surface area contributed by atoms with Crippen LogP contribution in [0.1, 0.15) is 34.1 Å². The Hall–Kier alpha value is -3.51. The van der Waals surface area contributed by atoms with Gasteiger partial charge in [-0.05, 0) is 52.6 Å². The number of benzene rings is 3. The summed E-state index contributed by atoms with van der Waals surface area (Å²) in [4.78, 5) is 5.03. The maximum atomic E-state index is 4.51. The first-order valence-corrected chi connectivity index (χ1v) is 11.6. The number of aromatic nitrogens is 4. The van der Waals surface area contributed by atoms with E-state index in [0.29, 0.717) is 6.54 Å². The first-order chi connectivity index (χ1) is 16.2. The summed E-state index contributed by atoms with van der Waals surface area (Å²) in [5, 5.41) is 12.9. The molecule has 1 unspecified atom stereocenters. The van der Waals surface area contributed by atoms with Gasteiger partial charge in [-0.15, -0.1) is 5.10 Å². The monoisotopic (exact) mass is 438 g/mol.